The SMILES string of the molecule is CCOC(=O)CC1CN(OCc2ccccc2)C(=O)C(=NO)S1. The van der Waals surface area contributed by atoms with Crippen LogP contribution in [0.2, 0.25) is 0 Å². The lowest BCUT2D eigenvalue weighted by Gasteiger charge is -2.30. The minimum Gasteiger partial charge on any atom is -0.466 e. The minimum absolute atomic E-state index is 0.0985. The fourth-order valence-electron chi connectivity index (χ4n) is 2.04. The molecule has 1 atom stereocenters. The number of oxime groups is 1. The van der Waals surface area contributed by atoms with Gasteiger partial charge in [0, 0.05) is 5.25 Å². The van der Waals surface area contributed by atoms with Crippen molar-refractivity contribution in [3.05, 3.63) is 35.9 Å². The lowest BCUT2D eigenvalue weighted by Crippen LogP contribution is -2.45. The van der Waals surface area contributed by atoms with Crippen LogP contribution in [0.5, 0.6) is 0 Å². The highest BCUT2D eigenvalue weighted by molar-refractivity contribution is 8.16. The summed E-state index contributed by atoms with van der Waals surface area (Å²) in [5.74, 6) is -0.881. The van der Waals surface area contributed by atoms with Crippen molar-refractivity contribution in [3.8, 4) is 0 Å². The van der Waals surface area contributed by atoms with E-state index in [1.807, 2.05) is 30.3 Å². The molecule has 1 N–H and O–H groups in total. The Morgan fingerprint density at radius 3 is 2.83 bits per heavy atom. The molecule has 0 radical (unpaired) electrons. The molecule has 0 aromatic heterocycles. The molecule has 0 spiro atoms. The van der Waals surface area contributed by atoms with E-state index in [1.54, 1.807) is 6.92 Å². The van der Waals surface area contributed by atoms with Crippen molar-refractivity contribution >= 4 is 28.7 Å². The largest absolute Gasteiger partial charge is 0.466 e. The summed E-state index contributed by atoms with van der Waals surface area (Å²) >= 11 is 1.05. The summed E-state index contributed by atoms with van der Waals surface area (Å²) in [5.41, 5.74) is 0.906. The Labute approximate surface area is 138 Å². The molecular formula is C15H18N2O5S. The molecule has 1 amide bonds. The van der Waals surface area contributed by atoms with Crippen molar-refractivity contribution in [2.75, 3.05) is 13.2 Å². The van der Waals surface area contributed by atoms with Crippen LogP contribution in [-0.4, -0.2) is 45.6 Å². The third-order valence-electron chi connectivity index (χ3n) is 3.08. The number of amides is 1. The van der Waals surface area contributed by atoms with Crippen molar-refractivity contribution in [3.63, 3.8) is 0 Å². The average Bonchev–Trinajstić information content (AvgIpc) is 2.56. The van der Waals surface area contributed by atoms with Gasteiger partial charge in [-0.15, -0.1) is 0 Å². The molecule has 1 aromatic rings. The summed E-state index contributed by atoms with van der Waals surface area (Å²) in [4.78, 5) is 29.2. The van der Waals surface area contributed by atoms with Crippen LogP contribution in [-0.2, 0) is 25.8 Å². The van der Waals surface area contributed by atoms with Crippen molar-refractivity contribution in [2.24, 2.45) is 5.16 Å². The van der Waals surface area contributed by atoms with Gasteiger partial charge in [0.25, 0.3) is 0 Å². The second-order valence-corrected chi connectivity index (χ2v) is 6.07. The lowest BCUT2D eigenvalue weighted by atomic mass is 10.2. The number of thioether (sulfide) groups is 1. The van der Waals surface area contributed by atoms with Gasteiger partial charge < -0.3 is 9.94 Å². The molecule has 124 valence electrons. The molecule has 2 rings (SSSR count). The van der Waals surface area contributed by atoms with Crippen molar-refractivity contribution in [1.29, 1.82) is 0 Å². The van der Waals surface area contributed by atoms with E-state index in [4.69, 9.17) is 14.8 Å². The topological polar surface area (TPSA) is 88.4 Å². The first-order valence-electron chi connectivity index (χ1n) is 7.17. The monoisotopic (exact) mass is 338 g/mol. The van der Waals surface area contributed by atoms with Crippen LogP contribution < -0.4 is 0 Å². The predicted molar refractivity (Wildman–Crippen MR) is 84.8 cm³/mol. The van der Waals surface area contributed by atoms with Crippen LogP contribution >= 0.6 is 11.8 Å². The first kappa shape index (κ1) is 17.3. The van der Waals surface area contributed by atoms with Crippen LogP contribution in [0.3, 0.4) is 0 Å². The van der Waals surface area contributed by atoms with Crippen LogP contribution in [0, 0.1) is 0 Å². The molecule has 1 saturated heterocycles. The Kier molecular flexibility index (Phi) is 6.42. The quantitative estimate of drug-likeness (QED) is 0.483. The molecule has 0 saturated carbocycles. The summed E-state index contributed by atoms with van der Waals surface area (Å²) in [7, 11) is 0. The molecule has 1 heterocycles. The Balaban J connectivity index is 1.98. The van der Waals surface area contributed by atoms with Gasteiger partial charge in [-0.3, -0.25) is 14.4 Å². The molecule has 1 unspecified atom stereocenters. The zero-order valence-electron chi connectivity index (χ0n) is 12.7. The fourth-order valence-corrected chi connectivity index (χ4v) is 3.03. The second kappa shape index (κ2) is 8.54. The summed E-state index contributed by atoms with van der Waals surface area (Å²) in [5, 5.41) is 12.7. The first-order valence-corrected chi connectivity index (χ1v) is 8.05. The molecule has 0 aliphatic carbocycles. The minimum atomic E-state index is -0.520. The zero-order chi connectivity index (χ0) is 16.7. The maximum Gasteiger partial charge on any atom is 0.306 e. The number of nitrogens with zero attached hydrogens (tertiary/aromatic N) is 2. The standard InChI is InChI=1S/C15H18N2O5S/c1-2-21-13(18)8-12-9-17(15(19)14(16-20)23-12)22-10-11-6-4-3-5-7-11/h3-7,12,20H,2,8-10H2,1H3. The van der Waals surface area contributed by atoms with Gasteiger partial charge in [-0.1, -0.05) is 47.2 Å². The van der Waals surface area contributed by atoms with Gasteiger partial charge >= 0.3 is 11.9 Å². The molecule has 1 aliphatic heterocycles. The van der Waals surface area contributed by atoms with Crippen molar-refractivity contribution in [1.82, 2.24) is 5.06 Å². The molecule has 7 nitrogen and oxygen atoms in total. The van der Waals surface area contributed by atoms with E-state index in [-0.39, 0.29) is 35.8 Å². The van der Waals surface area contributed by atoms with Crippen LogP contribution in [0.1, 0.15) is 18.9 Å². The fraction of sp³-hybridized carbons (Fsp3) is 0.400. The molecule has 1 aliphatic rings. The Bertz CT molecular complexity index is 578. The van der Waals surface area contributed by atoms with E-state index in [0.717, 1.165) is 22.4 Å². The summed E-state index contributed by atoms with van der Waals surface area (Å²) in [6.07, 6.45) is 0.107. The Morgan fingerprint density at radius 2 is 2.17 bits per heavy atom. The molecule has 0 bridgehead atoms. The normalized spacial score (nSPS) is 19.9. The van der Waals surface area contributed by atoms with E-state index >= 15 is 0 Å². The number of carbonyl (C=O) groups is 2. The van der Waals surface area contributed by atoms with E-state index in [2.05, 4.69) is 5.16 Å². The molecule has 1 fully saturated rings. The number of hydroxylamine groups is 2. The average molecular weight is 338 g/mol. The summed E-state index contributed by atoms with van der Waals surface area (Å²) < 4.78 is 4.91. The maximum absolute atomic E-state index is 12.1. The van der Waals surface area contributed by atoms with Gasteiger partial charge in [0.1, 0.15) is 6.61 Å². The van der Waals surface area contributed by atoms with Gasteiger partial charge in [0.05, 0.1) is 19.6 Å². The predicted octanol–water partition coefficient (Wildman–Crippen LogP) is 1.80. The van der Waals surface area contributed by atoms with Crippen LogP contribution in [0.15, 0.2) is 35.5 Å². The molecule has 1 aromatic carbocycles. The van der Waals surface area contributed by atoms with E-state index in [0.29, 0.717) is 6.61 Å². The van der Waals surface area contributed by atoms with Gasteiger partial charge in [-0.2, -0.15) is 0 Å². The highest BCUT2D eigenvalue weighted by Gasteiger charge is 2.35. The number of esters is 1. The smallest absolute Gasteiger partial charge is 0.306 e. The Morgan fingerprint density at radius 1 is 1.43 bits per heavy atom. The van der Waals surface area contributed by atoms with Gasteiger partial charge in [0.2, 0.25) is 5.04 Å². The third kappa shape index (κ3) is 4.97. The molecule has 8 heteroatoms. The van der Waals surface area contributed by atoms with Gasteiger partial charge in [0.15, 0.2) is 0 Å². The molecular weight excluding hydrogens is 320 g/mol. The number of ether oxygens (including phenoxy) is 1. The number of carbonyl (C=O) groups excluding carboxylic acids is 2. The summed E-state index contributed by atoms with van der Waals surface area (Å²) in [6.45, 7) is 2.45. The number of hydrogen-bond acceptors (Lipinski definition) is 7. The first-order chi connectivity index (χ1) is 11.1. The number of hydrogen-bond donors (Lipinski definition) is 1. The Hall–Kier alpha value is -2.06. The van der Waals surface area contributed by atoms with E-state index < -0.39 is 5.91 Å². The lowest BCUT2D eigenvalue weighted by molar-refractivity contribution is -0.184. The number of benzene rings is 1. The van der Waals surface area contributed by atoms with Crippen LogP contribution in [0.4, 0.5) is 0 Å². The second-order valence-electron chi connectivity index (χ2n) is 4.78. The molecule has 23 heavy (non-hydrogen) atoms. The number of rotatable bonds is 6. The van der Waals surface area contributed by atoms with E-state index in [9.17, 15) is 9.59 Å². The van der Waals surface area contributed by atoms with Crippen molar-refractivity contribution in [2.45, 2.75) is 25.2 Å². The van der Waals surface area contributed by atoms with Crippen LogP contribution in [0.25, 0.3) is 0 Å². The van der Waals surface area contributed by atoms with Crippen molar-refractivity contribution < 1.29 is 24.4 Å². The summed E-state index contributed by atoms with van der Waals surface area (Å²) in [6, 6.07) is 9.38. The van der Waals surface area contributed by atoms with Gasteiger partial charge in [-0.25, -0.2) is 5.06 Å². The zero-order valence-corrected chi connectivity index (χ0v) is 13.5. The maximum atomic E-state index is 12.1. The highest BCUT2D eigenvalue weighted by Crippen LogP contribution is 2.26. The highest BCUT2D eigenvalue weighted by atomic mass is 32.2. The third-order valence-corrected chi connectivity index (χ3v) is 4.21. The van der Waals surface area contributed by atoms with Gasteiger partial charge in [-0.05, 0) is 12.5 Å². The van der Waals surface area contributed by atoms with E-state index in [1.165, 1.54) is 0 Å².